The normalized spacial score (nSPS) is 12.6. The lowest BCUT2D eigenvalue weighted by atomic mass is 10.1. The predicted molar refractivity (Wildman–Crippen MR) is 81.7 cm³/mol. The van der Waals surface area contributed by atoms with Crippen molar-refractivity contribution in [2.24, 2.45) is 5.92 Å². The highest BCUT2D eigenvalue weighted by atomic mass is 32.1. The highest BCUT2D eigenvalue weighted by Gasteiger charge is 2.21. The number of nitrogens with one attached hydrogen (secondary N) is 2. The van der Waals surface area contributed by atoms with Crippen molar-refractivity contribution in [3.8, 4) is 0 Å². The van der Waals surface area contributed by atoms with Crippen LogP contribution in [-0.4, -0.2) is 19.5 Å². The minimum atomic E-state index is -0.0348. The van der Waals surface area contributed by atoms with Crippen LogP contribution in [0.25, 0.3) is 0 Å². The Bertz CT molecular complexity index is 459. The van der Waals surface area contributed by atoms with Gasteiger partial charge in [-0.15, -0.1) is 22.7 Å². The third kappa shape index (κ3) is 3.65. The molecule has 5 heteroatoms. The maximum atomic E-state index is 12.2. The average Bonchev–Trinajstić information content (AvgIpc) is 3.09. The summed E-state index contributed by atoms with van der Waals surface area (Å²) in [6.45, 7) is 2.62. The van der Waals surface area contributed by atoms with Crippen LogP contribution >= 0.6 is 22.7 Å². The van der Waals surface area contributed by atoms with Gasteiger partial charge in [-0.25, -0.2) is 0 Å². The molecule has 0 fully saturated rings. The Kier molecular flexibility index (Phi) is 5.13. The first-order valence-corrected chi connectivity index (χ1v) is 8.00. The molecule has 0 aliphatic heterocycles. The van der Waals surface area contributed by atoms with Crippen LogP contribution in [0.4, 0.5) is 0 Å². The Morgan fingerprint density at radius 3 is 2.21 bits per heavy atom. The van der Waals surface area contributed by atoms with Crippen LogP contribution in [0, 0.1) is 5.92 Å². The summed E-state index contributed by atoms with van der Waals surface area (Å²) in [6, 6.07) is 8.15. The summed E-state index contributed by atoms with van der Waals surface area (Å²) in [6.07, 6.45) is 0. The van der Waals surface area contributed by atoms with Crippen molar-refractivity contribution in [3.05, 3.63) is 44.8 Å². The van der Waals surface area contributed by atoms with Crippen molar-refractivity contribution < 1.29 is 4.79 Å². The van der Waals surface area contributed by atoms with E-state index >= 15 is 0 Å². The van der Waals surface area contributed by atoms with E-state index in [9.17, 15) is 4.79 Å². The first-order chi connectivity index (χ1) is 9.22. The number of amides is 1. The van der Waals surface area contributed by atoms with Gasteiger partial charge in [0, 0.05) is 22.2 Å². The molecule has 2 aromatic heterocycles. The van der Waals surface area contributed by atoms with E-state index < -0.39 is 0 Å². The molecule has 2 aromatic rings. The van der Waals surface area contributed by atoms with E-state index in [-0.39, 0.29) is 17.9 Å². The van der Waals surface area contributed by atoms with E-state index in [2.05, 4.69) is 22.8 Å². The number of thiophene rings is 2. The summed E-state index contributed by atoms with van der Waals surface area (Å²) in [5.41, 5.74) is 0. The standard InChI is InChI=1S/C14H18N2OS2/c1-10(9-15-2)14(17)16-13(11-5-3-7-18-11)12-6-4-8-19-12/h3-8,10,13,15H,9H2,1-2H3,(H,16,17). The van der Waals surface area contributed by atoms with E-state index in [1.165, 1.54) is 9.75 Å². The molecule has 3 nitrogen and oxygen atoms in total. The Balaban J connectivity index is 2.14. The number of rotatable bonds is 6. The van der Waals surface area contributed by atoms with Gasteiger partial charge in [-0.1, -0.05) is 19.1 Å². The molecular formula is C14H18N2OS2. The van der Waals surface area contributed by atoms with Crippen molar-refractivity contribution in [1.82, 2.24) is 10.6 Å². The molecule has 0 saturated heterocycles. The summed E-state index contributed by atoms with van der Waals surface area (Å²) in [7, 11) is 1.86. The predicted octanol–water partition coefficient (Wildman–Crippen LogP) is 2.87. The molecule has 1 unspecified atom stereocenters. The number of carbonyl (C=O) groups is 1. The molecule has 102 valence electrons. The molecule has 2 rings (SSSR count). The highest BCUT2D eigenvalue weighted by molar-refractivity contribution is 7.11. The average molecular weight is 294 g/mol. The maximum Gasteiger partial charge on any atom is 0.224 e. The topological polar surface area (TPSA) is 41.1 Å². The number of hydrogen-bond acceptors (Lipinski definition) is 4. The van der Waals surface area contributed by atoms with Crippen LogP contribution < -0.4 is 10.6 Å². The van der Waals surface area contributed by atoms with E-state index in [4.69, 9.17) is 0 Å². The van der Waals surface area contributed by atoms with Gasteiger partial charge in [0.1, 0.15) is 0 Å². The summed E-state index contributed by atoms with van der Waals surface area (Å²) < 4.78 is 0. The number of hydrogen-bond donors (Lipinski definition) is 2. The van der Waals surface area contributed by atoms with Crippen LogP contribution in [0.2, 0.25) is 0 Å². The lowest BCUT2D eigenvalue weighted by molar-refractivity contribution is -0.124. The molecule has 0 radical (unpaired) electrons. The van der Waals surface area contributed by atoms with Gasteiger partial charge in [0.05, 0.1) is 6.04 Å². The van der Waals surface area contributed by atoms with Crippen LogP contribution in [-0.2, 0) is 4.79 Å². The SMILES string of the molecule is CNCC(C)C(=O)NC(c1cccs1)c1cccs1. The van der Waals surface area contributed by atoms with Gasteiger partial charge >= 0.3 is 0 Å². The maximum absolute atomic E-state index is 12.2. The zero-order valence-corrected chi connectivity index (χ0v) is 12.7. The largest absolute Gasteiger partial charge is 0.343 e. The smallest absolute Gasteiger partial charge is 0.224 e. The highest BCUT2D eigenvalue weighted by Crippen LogP contribution is 2.29. The van der Waals surface area contributed by atoms with E-state index in [1.54, 1.807) is 22.7 Å². The van der Waals surface area contributed by atoms with Gasteiger partial charge in [-0.3, -0.25) is 4.79 Å². The number of carbonyl (C=O) groups excluding carboxylic acids is 1. The fraction of sp³-hybridized carbons (Fsp3) is 0.357. The lowest BCUT2D eigenvalue weighted by Crippen LogP contribution is -2.36. The third-order valence-corrected chi connectivity index (χ3v) is 4.77. The molecule has 0 bridgehead atoms. The Morgan fingerprint density at radius 1 is 1.21 bits per heavy atom. The fourth-order valence-electron chi connectivity index (χ4n) is 1.88. The van der Waals surface area contributed by atoms with Crippen LogP contribution in [0.1, 0.15) is 22.7 Å². The van der Waals surface area contributed by atoms with Gasteiger partial charge < -0.3 is 10.6 Å². The second-order valence-electron chi connectivity index (χ2n) is 4.43. The Labute approximate surface area is 121 Å². The van der Waals surface area contributed by atoms with Crippen molar-refractivity contribution in [2.45, 2.75) is 13.0 Å². The molecule has 2 N–H and O–H groups in total. The first-order valence-electron chi connectivity index (χ1n) is 6.24. The molecule has 1 amide bonds. The molecule has 0 saturated carbocycles. The molecule has 0 aliphatic carbocycles. The molecule has 2 heterocycles. The van der Waals surface area contributed by atoms with Crippen molar-refractivity contribution in [2.75, 3.05) is 13.6 Å². The molecule has 0 aliphatic rings. The summed E-state index contributed by atoms with van der Waals surface area (Å²) in [4.78, 5) is 14.5. The molecule has 0 spiro atoms. The minimum absolute atomic E-state index is 0.0215. The summed E-state index contributed by atoms with van der Waals surface area (Å²) >= 11 is 3.35. The van der Waals surface area contributed by atoms with Gasteiger partial charge in [0.2, 0.25) is 5.91 Å². The van der Waals surface area contributed by atoms with E-state index in [0.717, 1.165) is 0 Å². The van der Waals surface area contributed by atoms with Crippen LogP contribution in [0.15, 0.2) is 35.0 Å². The Morgan fingerprint density at radius 2 is 1.79 bits per heavy atom. The van der Waals surface area contributed by atoms with Crippen molar-refractivity contribution in [1.29, 1.82) is 0 Å². The van der Waals surface area contributed by atoms with Crippen molar-refractivity contribution in [3.63, 3.8) is 0 Å². The van der Waals surface area contributed by atoms with Gasteiger partial charge in [-0.05, 0) is 29.9 Å². The summed E-state index contributed by atoms with van der Waals surface area (Å²) in [5, 5.41) is 10.3. The molecular weight excluding hydrogens is 276 g/mol. The molecule has 1 atom stereocenters. The second kappa shape index (κ2) is 6.84. The Hall–Kier alpha value is -1.17. The zero-order valence-electron chi connectivity index (χ0n) is 11.1. The summed E-state index contributed by atoms with van der Waals surface area (Å²) in [5.74, 6) is 0.0496. The van der Waals surface area contributed by atoms with E-state index in [1.807, 2.05) is 36.9 Å². The van der Waals surface area contributed by atoms with Gasteiger partial charge in [0.15, 0.2) is 0 Å². The fourth-order valence-corrected chi connectivity index (χ4v) is 3.54. The quantitative estimate of drug-likeness (QED) is 0.860. The third-order valence-electron chi connectivity index (χ3n) is 2.90. The van der Waals surface area contributed by atoms with Gasteiger partial charge in [-0.2, -0.15) is 0 Å². The lowest BCUT2D eigenvalue weighted by Gasteiger charge is -2.19. The van der Waals surface area contributed by atoms with Crippen molar-refractivity contribution >= 4 is 28.6 Å². The van der Waals surface area contributed by atoms with Crippen LogP contribution in [0.3, 0.4) is 0 Å². The van der Waals surface area contributed by atoms with E-state index in [0.29, 0.717) is 6.54 Å². The molecule has 0 aromatic carbocycles. The zero-order chi connectivity index (χ0) is 13.7. The molecule has 19 heavy (non-hydrogen) atoms. The van der Waals surface area contributed by atoms with Crippen LogP contribution in [0.5, 0.6) is 0 Å². The minimum Gasteiger partial charge on any atom is -0.343 e. The van der Waals surface area contributed by atoms with Gasteiger partial charge in [0.25, 0.3) is 0 Å². The second-order valence-corrected chi connectivity index (χ2v) is 6.39. The first kappa shape index (κ1) is 14.2. The monoisotopic (exact) mass is 294 g/mol.